The fourth-order valence-electron chi connectivity index (χ4n) is 3.15. The van der Waals surface area contributed by atoms with Gasteiger partial charge in [0.05, 0.1) is 11.0 Å². The Morgan fingerprint density at radius 1 is 1.24 bits per heavy atom. The van der Waals surface area contributed by atoms with Crippen molar-refractivity contribution in [3.05, 3.63) is 56.7 Å². The lowest BCUT2D eigenvalue weighted by molar-refractivity contribution is -0.149. The van der Waals surface area contributed by atoms with Crippen molar-refractivity contribution >= 4 is 50.9 Å². The lowest BCUT2D eigenvalue weighted by atomic mass is 10.2. The molecular weight excluding hydrogens is 456 g/mol. The molecule has 1 aromatic heterocycles. The summed E-state index contributed by atoms with van der Waals surface area (Å²) in [6, 6.07) is 9.90. The third kappa shape index (κ3) is 4.64. The fraction of sp³-hybridized carbons (Fsp3) is 0.286. The van der Waals surface area contributed by atoms with E-state index >= 15 is 0 Å². The number of aryl methyl sites for hydroxylation is 1. The van der Waals surface area contributed by atoms with Gasteiger partial charge in [-0.2, -0.15) is 0 Å². The average Bonchev–Trinajstić information content (AvgIpc) is 3.04. The highest BCUT2D eigenvalue weighted by Crippen LogP contribution is 2.34. The topological polar surface area (TPSA) is 68.6 Å². The Balaban J connectivity index is 1.88. The van der Waals surface area contributed by atoms with Crippen LogP contribution in [-0.4, -0.2) is 39.2 Å². The Morgan fingerprint density at radius 3 is 2.62 bits per heavy atom. The van der Waals surface area contributed by atoms with E-state index in [0.29, 0.717) is 4.91 Å². The van der Waals surface area contributed by atoms with Crippen LogP contribution < -0.4 is 0 Å². The van der Waals surface area contributed by atoms with E-state index in [2.05, 4.69) is 20.5 Å². The molecule has 1 fully saturated rings. The summed E-state index contributed by atoms with van der Waals surface area (Å²) in [5, 5.41) is -0.470. The van der Waals surface area contributed by atoms with Crippen LogP contribution >= 0.6 is 27.7 Å². The van der Waals surface area contributed by atoms with Gasteiger partial charge in [-0.1, -0.05) is 22.0 Å². The Kier molecular flexibility index (Phi) is 6.33. The predicted molar refractivity (Wildman–Crippen MR) is 117 cm³/mol. The lowest BCUT2D eigenvalue weighted by Crippen LogP contribution is -2.35. The van der Waals surface area contributed by atoms with Crippen LogP contribution in [0, 0.1) is 13.8 Å². The quantitative estimate of drug-likeness (QED) is 0.455. The summed E-state index contributed by atoms with van der Waals surface area (Å²) >= 11 is 4.32. The van der Waals surface area contributed by atoms with Gasteiger partial charge in [-0.3, -0.25) is 19.3 Å². The van der Waals surface area contributed by atoms with Crippen molar-refractivity contribution in [2.75, 3.05) is 6.54 Å². The molecule has 1 aliphatic heterocycles. The number of nitrogens with zero attached hydrogens (tertiary/aromatic N) is 2. The van der Waals surface area contributed by atoms with Crippen molar-refractivity contribution in [2.45, 2.75) is 33.8 Å². The van der Waals surface area contributed by atoms with E-state index in [4.69, 9.17) is 4.74 Å². The minimum atomic E-state index is -0.601. The van der Waals surface area contributed by atoms with Crippen molar-refractivity contribution in [3.8, 4) is 5.69 Å². The first kappa shape index (κ1) is 21.4. The van der Waals surface area contributed by atoms with Crippen molar-refractivity contribution in [2.24, 2.45) is 0 Å². The van der Waals surface area contributed by atoms with Gasteiger partial charge in [-0.15, -0.1) is 0 Å². The second-order valence-corrected chi connectivity index (χ2v) is 8.86. The normalized spacial score (nSPS) is 15.7. The van der Waals surface area contributed by atoms with Gasteiger partial charge in [0.15, 0.2) is 0 Å². The highest BCUT2D eigenvalue weighted by molar-refractivity contribution is 9.10. The molecular formula is C21H21BrN2O4S. The summed E-state index contributed by atoms with van der Waals surface area (Å²) in [5.41, 5.74) is 3.80. The molecule has 0 saturated carbocycles. The number of rotatable bonds is 5. The standard InChI is InChI=1S/C21H21BrN2O4S/c1-12(2)28-19(25)11-23-20(26)18(29-21(23)27)9-15-8-13(3)24(14(15)4)17-7-5-6-16(22)10-17/h5-10,12H,11H2,1-4H3/b18-9+. The molecule has 0 radical (unpaired) electrons. The van der Waals surface area contributed by atoms with Crippen LogP contribution in [0.2, 0.25) is 0 Å². The third-order valence-electron chi connectivity index (χ3n) is 4.35. The number of esters is 1. The summed E-state index contributed by atoms with van der Waals surface area (Å²) in [5.74, 6) is -1.08. The molecule has 1 aromatic carbocycles. The smallest absolute Gasteiger partial charge is 0.326 e. The molecule has 0 aliphatic carbocycles. The van der Waals surface area contributed by atoms with E-state index in [1.807, 2.05) is 44.2 Å². The van der Waals surface area contributed by atoms with Gasteiger partial charge in [-0.25, -0.2) is 0 Å². The van der Waals surface area contributed by atoms with Crippen molar-refractivity contribution in [1.29, 1.82) is 0 Å². The van der Waals surface area contributed by atoms with E-state index in [1.54, 1.807) is 19.9 Å². The molecule has 8 heteroatoms. The molecule has 152 valence electrons. The number of thioether (sulfide) groups is 1. The maximum Gasteiger partial charge on any atom is 0.326 e. The highest BCUT2D eigenvalue weighted by atomic mass is 79.9. The number of benzene rings is 1. The first-order valence-corrected chi connectivity index (χ1v) is 10.7. The van der Waals surface area contributed by atoms with Gasteiger partial charge in [0.25, 0.3) is 11.1 Å². The lowest BCUT2D eigenvalue weighted by Gasteiger charge is -2.13. The van der Waals surface area contributed by atoms with Crippen LogP contribution in [0.15, 0.2) is 39.7 Å². The van der Waals surface area contributed by atoms with Crippen LogP contribution in [0.5, 0.6) is 0 Å². The molecule has 2 heterocycles. The maximum absolute atomic E-state index is 12.7. The number of carbonyl (C=O) groups is 3. The molecule has 0 bridgehead atoms. The zero-order valence-electron chi connectivity index (χ0n) is 16.6. The number of ether oxygens (including phenoxy) is 1. The molecule has 29 heavy (non-hydrogen) atoms. The molecule has 2 amide bonds. The summed E-state index contributed by atoms with van der Waals surface area (Å²) in [6.45, 7) is 7.00. The zero-order valence-corrected chi connectivity index (χ0v) is 19.0. The highest BCUT2D eigenvalue weighted by Gasteiger charge is 2.37. The molecule has 0 N–H and O–H groups in total. The van der Waals surface area contributed by atoms with Gasteiger partial charge in [0, 0.05) is 21.5 Å². The number of aromatic nitrogens is 1. The first-order valence-electron chi connectivity index (χ1n) is 9.07. The molecule has 6 nitrogen and oxygen atoms in total. The number of halogens is 1. The summed E-state index contributed by atoms with van der Waals surface area (Å²) in [7, 11) is 0. The molecule has 1 aliphatic rings. The van der Waals surface area contributed by atoms with Crippen LogP contribution in [0.3, 0.4) is 0 Å². The number of carbonyl (C=O) groups excluding carboxylic acids is 3. The predicted octanol–water partition coefficient (Wildman–Crippen LogP) is 4.84. The minimum Gasteiger partial charge on any atom is -0.462 e. The van der Waals surface area contributed by atoms with E-state index < -0.39 is 17.1 Å². The van der Waals surface area contributed by atoms with E-state index in [0.717, 1.165) is 43.8 Å². The largest absolute Gasteiger partial charge is 0.462 e. The van der Waals surface area contributed by atoms with Gasteiger partial charge >= 0.3 is 5.97 Å². The van der Waals surface area contributed by atoms with Crippen LogP contribution in [0.1, 0.15) is 30.8 Å². The Hall–Kier alpha value is -2.32. The van der Waals surface area contributed by atoms with Crippen LogP contribution in [0.4, 0.5) is 4.79 Å². The Morgan fingerprint density at radius 2 is 1.97 bits per heavy atom. The number of hydrogen-bond donors (Lipinski definition) is 0. The van der Waals surface area contributed by atoms with Gasteiger partial charge in [-0.05, 0) is 75.4 Å². The monoisotopic (exact) mass is 476 g/mol. The molecule has 0 spiro atoms. The van der Waals surface area contributed by atoms with Gasteiger partial charge in [0.2, 0.25) is 0 Å². The van der Waals surface area contributed by atoms with Crippen LogP contribution in [-0.2, 0) is 14.3 Å². The van der Waals surface area contributed by atoms with Gasteiger partial charge in [0.1, 0.15) is 6.54 Å². The second-order valence-electron chi connectivity index (χ2n) is 6.95. The molecule has 0 unspecified atom stereocenters. The van der Waals surface area contributed by atoms with Crippen LogP contribution in [0.25, 0.3) is 11.8 Å². The van der Waals surface area contributed by atoms with E-state index in [1.165, 1.54) is 0 Å². The van der Waals surface area contributed by atoms with Gasteiger partial charge < -0.3 is 9.30 Å². The zero-order chi connectivity index (χ0) is 21.3. The maximum atomic E-state index is 12.7. The number of amides is 2. The van der Waals surface area contributed by atoms with E-state index in [9.17, 15) is 14.4 Å². The van der Waals surface area contributed by atoms with E-state index in [-0.39, 0.29) is 12.6 Å². The summed E-state index contributed by atoms with van der Waals surface area (Å²) < 4.78 is 8.09. The second kappa shape index (κ2) is 8.59. The molecule has 0 atom stereocenters. The van der Waals surface area contributed by atoms with Crippen molar-refractivity contribution in [3.63, 3.8) is 0 Å². The number of imide groups is 1. The first-order chi connectivity index (χ1) is 13.7. The minimum absolute atomic E-state index is 0.293. The number of hydrogen-bond acceptors (Lipinski definition) is 5. The van der Waals surface area contributed by atoms with Crippen molar-refractivity contribution in [1.82, 2.24) is 9.47 Å². The fourth-order valence-corrected chi connectivity index (χ4v) is 4.37. The SMILES string of the molecule is Cc1cc(/C=C2/SC(=O)N(CC(=O)OC(C)C)C2=O)c(C)n1-c1cccc(Br)c1. The summed E-state index contributed by atoms with van der Waals surface area (Å²) in [4.78, 5) is 38.0. The Labute approximate surface area is 182 Å². The third-order valence-corrected chi connectivity index (χ3v) is 5.75. The molecule has 1 saturated heterocycles. The molecule has 3 rings (SSSR count). The summed E-state index contributed by atoms with van der Waals surface area (Å²) in [6.07, 6.45) is 1.40. The molecule has 2 aromatic rings. The average molecular weight is 477 g/mol. The van der Waals surface area contributed by atoms with Crippen molar-refractivity contribution < 1.29 is 19.1 Å². The Bertz CT molecular complexity index is 1030.